The number of carbonyl (C=O) groups is 1. The highest BCUT2D eigenvalue weighted by Gasteiger charge is 2.21. The predicted molar refractivity (Wildman–Crippen MR) is 72.9 cm³/mol. The summed E-state index contributed by atoms with van der Waals surface area (Å²) >= 11 is 0. The summed E-state index contributed by atoms with van der Waals surface area (Å²) in [7, 11) is 0. The first-order valence-corrected chi connectivity index (χ1v) is 6.90. The Morgan fingerprint density at radius 2 is 1.94 bits per heavy atom. The van der Waals surface area contributed by atoms with Gasteiger partial charge >= 0.3 is 5.97 Å². The maximum absolute atomic E-state index is 11.0. The van der Waals surface area contributed by atoms with Crippen molar-refractivity contribution in [1.29, 1.82) is 0 Å². The van der Waals surface area contributed by atoms with Gasteiger partial charge in [0.05, 0.1) is 5.92 Å². The molecule has 1 atom stereocenters. The van der Waals surface area contributed by atoms with E-state index in [4.69, 9.17) is 5.11 Å². The van der Waals surface area contributed by atoms with Crippen LogP contribution < -0.4 is 0 Å². The molecule has 0 bridgehead atoms. The SMILES string of the molecule is CC1CCC(c2cccc(C(C)C(=O)O)c2)CC1. The van der Waals surface area contributed by atoms with Crippen LogP contribution in [0, 0.1) is 5.92 Å². The first-order valence-electron chi connectivity index (χ1n) is 6.90. The van der Waals surface area contributed by atoms with Crippen LogP contribution in [0.5, 0.6) is 0 Å². The highest BCUT2D eigenvalue weighted by molar-refractivity contribution is 5.75. The second kappa shape index (κ2) is 5.55. The molecule has 98 valence electrons. The molecule has 1 aromatic carbocycles. The summed E-state index contributed by atoms with van der Waals surface area (Å²) in [5.74, 6) is 0.321. The van der Waals surface area contributed by atoms with Crippen molar-refractivity contribution in [1.82, 2.24) is 0 Å². The van der Waals surface area contributed by atoms with Gasteiger partial charge in [0.25, 0.3) is 0 Å². The molecule has 0 aromatic heterocycles. The van der Waals surface area contributed by atoms with E-state index >= 15 is 0 Å². The van der Waals surface area contributed by atoms with Crippen molar-refractivity contribution in [2.24, 2.45) is 5.92 Å². The molecule has 1 saturated carbocycles. The Bertz CT molecular complexity index is 417. The van der Waals surface area contributed by atoms with E-state index in [9.17, 15) is 4.79 Å². The number of hydrogen-bond acceptors (Lipinski definition) is 1. The summed E-state index contributed by atoms with van der Waals surface area (Å²) < 4.78 is 0. The zero-order valence-corrected chi connectivity index (χ0v) is 11.2. The molecule has 2 heteroatoms. The number of rotatable bonds is 3. The predicted octanol–water partition coefficient (Wildman–Crippen LogP) is 4.17. The number of benzene rings is 1. The minimum atomic E-state index is -0.746. The number of carboxylic acid groups (broad SMARTS) is 1. The second-order valence-electron chi connectivity index (χ2n) is 5.69. The van der Waals surface area contributed by atoms with Gasteiger partial charge in [0.1, 0.15) is 0 Å². The molecule has 0 heterocycles. The molecule has 1 aliphatic rings. The number of hydrogen-bond donors (Lipinski definition) is 1. The summed E-state index contributed by atoms with van der Waals surface area (Å²) in [5.41, 5.74) is 2.26. The summed E-state index contributed by atoms with van der Waals surface area (Å²) in [6.07, 6.45) is 5.07. The average Bonchev–Trinajstić information content (AvgIpc) is 2.38. The van der Waals surface area contributed by atoms with Gasteiger partial charge in [-0.3, -0.25) is 4.79 Å². The van der Waals surface area contributed by atoms with E-state index in [1.54, 1.807) is 6.92 Å². The number of carboxylic acids is 1. The van der Waals surface area contributed by atoms with Gasteiger partial charge in [-0.25, -0.2) is 0 Å². The Balaban J connectivity index is 2.14. The molecule has 2 rings (SSSR count). The minimum absolute atomic E-state index is 0.410. The Morgan fingerprint density at radius 1 is 1.28 bits per heavy atom. The quantitative estimate of drug-likeness (QED) is 0.869. The molecule has 0 radical (unpaired) electrons. The van der Waals surface area contributed by atoms with Crippen LogP contribution in [0.15, 0.2) is 24.3 Å². The van der Waals surface area contributed by atoms with Crippen LogP contribution in [0.25, 0.3) is 0 Å². The third-order valence-corrected chi connectivity index (χ3v) is 4.27. The molecular weight excluding hydrogens is 224 g/mol. The van der Waals surface area contributed by atoms with Crippen molar-refractivity contribution in [2.45, 2.75) is 51.4 Å². The lowest BCUT2D eigenvalue weighted by Crippen LogP contribution is -2.12. The monoisotopic (exact) mass is 246 g/mol. The van der Waals surface area contributed by atoms with Crippen LogP contribution in [0.3, 0.4) is 0 Å². The van der Waals surface area contributed by atoms with Crippen LogP contribution in [-0.4, -0.2) is 11.1 Å². The molecule has 2 nitrogen and oxygen atoms in total. The topological polar surface area (TPSA) is 37.3 Å². The lowest BCUT2D eigenvalue weighted by Gasteiger charge is -2.27. The van der Waals surface area contributed by atoms with Gasteiger partial charge in [0, 0.05) is 0 Å². The van der Waals surface area contributed by atoms with Gasteiger partial charge in [-0.1, -0.05) is 44.0 Å². The van der Waals surface area contributed by atoms with Crippen molar-refractivity contribution in [3.8, 4) is 0 Å². The van der Waals surface area contributed by atoms with Gasteiger partial charge in [0.15, 0.2) is 0 Å². The summed E-state index contributed by atoms with van der Waals surface area (Å²) in [6.45, 7) is 4.07. The first kappa shape index (κ1) is 13.1. The molecular formula is C16H22O2. The Morgan fingerprint density at radius 3 is 2.56 bits per heavy atom. The van der Waals surface area contributed by atoms with E-state index in [1.807, 2.05) is 12.1 Å². The van der Waals surface area contributed by atoms with E-state index in [1.165, 1.54) is 31.2 Å². The molecule has 1 aliphatic carbocycles. The van der Waals surface area contributed by atoms with Crippen LogP contribution in [0.1, 0.15) is 62.5 Å². The minimum Gasteiger partial charge on any atom is -0.481 e. The smallest absolute Gasteiger partial charge is 0.310 e. The average molecular weight is 246 g/mol. The molecule has 0 aliphatic heterocycles. The Kier molecular flexibility index (Phi) is 4.05. The van der Waals surface area contributed by atoms with E-state index < -0.39 is 11.9 Å². The Labute approximate surface area is 109 Å². The molecule has 1 N–H and O–H groups in total. The van der Waals surface area contributed by atoms with E-state index in [-0.39, 0.29) is 0 Å². The fourth-order valence-electron chi connectivity index (χ4n) is 2.82. The zero-order valence-electron chi connectivity index (χ0n) is 11.2. The van der Waals surface area contributed by atoms with Crippen LogP contribution in [-0.2, 0) is 4.79 Å². The van der Waals surface area contributed by atoms with E-state index in [2.05, 4.69) is 19.1 Å². The summed E-state index contributed by atoms with van der Waals surface area (Å²) in [6, 6.07) is 8.17. The van der Waals surface area contributed by atoms with Gasteiger partial charge in [0.2, 0.25) is 0 Å². The zero-order chi connectivity index (χ0) is 13.1. The van der Waals surface area contributed by atoms with Crippen molar-refractivity contribution in [3.05, 3.63) is 35.4 Å². The van der Waals surface area contributed by atoms with Gasteiger partial charge in [-0.2, -0.15) is 0 Å². The maximum atomic E-state index is 11.0. The molecule has 1 fully saturated rings. The molecule has 1 aromatic rings. The van der Waals surface area contributed by atoms with Gasteiger partial charge in [-0.15, -0.1) is 0 Å². The molecule has 1 unspecified atom stereocenters. The highest BCUT2D eigenvalue weighted by Crippen LogP contribution is 2.36. The molecule has 0 saturated heterocycles. The largest absolute Gasteiger partial charge is 0.481 e. The maximum Gasteiger partial charge on any atom is 0.310 e. The lowest BCUT2D eigenvalue weighted by molar-refractivity contribution is -0.138. The van der Waals surface area contributed by atoms with Gasteiger partial charge < -0.3 is 5.11 Å². The van der Waals surface area contributed by atoms with Crippen LogP contribution in [0.4, 0.5) is 0 Å². The van der Waals surface area contributed by atoms with Crippen molar-refractivity contribution >= 4 is 5.97 Å². The molecule has 0 amide bonds. The Hall–Kier alpha value is -1.31. The summed E-state index contributed by atoms with van der Waals surface area (Å²) in [4.78, 5) is 11.0. The van der Waals surface area contributed by atoms with Crippen molar-refractivity contribution in [3.63, 3.8) is 0 Å². The third-order valence-electron chi connectivity index (χ3n) is 4.27. The van der Waals surface area contributed by atoms with Crippen LogP contribution in [0.2, 0.25) is 0 Å². The van der Waals surface area contributed by atoms with E-state index in [0.29, 0.717) is 5.92 Å². The summed E-state index contributed by atoms with van der Waals surface area (Å²) in [5, 5.41) is 9.07. The standard InChI is InChI=1S/C16H22O2/c1-11-6-8-13(9-7-11)15-5-3-4-14(10-15)12(2)16(17)18/h3-5,10-13H,6-9H2,1-2H3,(H,17,18). The van der Waals surface area contributed by atoms with Gasteiger partial charge in [-0.05, 0) is 42.7 Å². The highest BCUT2D eigenvalue weighted by atomic mass is 16.4. The fraction of sp³-hybridized carbons (Fsp3) is 0.562. The fourth-order valence-corrected chi connectivity index (χ4v) is 2.82. The van der Waals surface area contributed by atoms with E-state index in [0.717, 1.165) is 11.5 Å². The molecule has 0 spiro atoms. The lowest BCUT2D eigenvalue weighted by atomic mass is 9.79. The van der Waals surface area contributed by atoms with Crippen molar-refractivity contribution in [2.75, 3.05) is 0 Å². The molecule has 18 heavy (non-hydrogen) atoms. The van der Waals surface area contributed by atoms with Crippen LogP contribution >= 0.6 is 0 Å². The van der Waals surface area contributed by atoms with Crippen molar-refractivity contribution < 1.29 is 9.90 Å². The normalized spacial score (nSPS) is 25.7. The number of aliphatic carboxylic acids is 1. The third kappa shape index (κ3) is 2.92. The first-order chi connectivity index (χ1) is 8.58. The second-order valence-corrected chi connectivity index (χ2v) is 5.69.